The van der Waals surface area contributed by atoms with Crippen molar-refractivity contribution >= 4 is 44.1 Å². The number of nitrogens with one attached hydrogen (secondary N) is 1. The van der Waals surface area contributed by atoms with Crippen molar-refractivity contribution in [3.63, 3.8) is 0 Å². The maximum absolute atomic E-state index is 12.4. The molecule has 8 N–H and O–H groups in total. The predicted molar refractivity (Wildman–Crippen MR) is 223 cm³/mol. The fraction of sp³-hybridized carbons (Fsp3) is 0.857. The van der Waals surface area contributed by atoms with Crippen molar-refractivity contribution in [2.45, 2.75) is 166 Å². The van der Waals surface area contributed by atoms with Crippen molar-refractivity contribution < 1.29 is 66.0 Å². The lowest BCUT2D eigenvalue weighted by molar-refractivity contribution is -0.138. The van der Waals surface area contributed by atoms with Crippen LogP contribution in [0.15, 0.2) is 17.3 Å². The molecular formula is C35H71N5O14P2Si2. The van der Waals surface area contributed by atoms with Gasteiger partial charge in [0.15, 0.2) is 6.23 Å². The molecule has 1 saturated heterocycles. The highest BCUT2D eigenvalue weighted by Crippen LogP contribution is 2.47. The van der Waals surface area contributed by atoms with Crippen LogP contribution in [0.4, 0.5) is 5.82 Å². The number of nitrogens with two attached hydrogens (primary N) is 1. The molecule has 0 bridgehead atoms. The standard InChI is InChI=1S/C35H71N5O14P2Si2/c1-22(2)57(23(3)4,24(5)6)51-20-38-30-16-18-40(35(39-30)37-17-14-13-15-28(36)34(41)42)33-32(49-21-52-58(25(7)8,26(9)10)27(11)12)31(54-56(46,47)48)29(53-33)19-50-55(43,44)45/h16,18,22-29,31-33H,13-15,17,19-21,36H2,1-12H3,(H,41,42)(H,37,38,39)(H2,43,44,45)(H2,46,47,48)/t28?,29-,31-,32-,33-/m1/s1. The van der Waals surface area contributed by atoms with Crippen LogP contribution in [-0.4, -0.2) is 108 Å². The summed E-state index contributed by atoms with van der Waals surface area (Å²) in [5, 5.41) is 12.5. The number of ether oxygens (including phenoxy) is 2. The molecule has 0 spiro atoms. The predicted octanol–water partition coefficient (Wildman–Crippen LogP) is 5.95. The summed E-state index contributed by atoms with van der Waals surface area (Å²) in [5.41, 5.74) is 7.30. The van der Waals surface area contributed by atoms with Gasteiger partial charge in [0.25, 0.3) is 0 Å². The molecule has 0 aliphatic carbocycles. The van der Waals surface area contributed by atoms with Crippen LogP contribution in [0.2, 0.25) is 33.2 Å². The number of hydrogen-bond donors (Lipinski definition) is 7. The summed E-state index contributed by atoms with van der Waals surface area (Å²) in [6, 6.07) is 0.615. The van der Waals surface area contributed by atoms with Crippen molar-refractivity contribution in [2.24, 2.45) is 10.7 Å². The molecule has 5 atom stereocenters. The Morgan fingerprint density at radius 3 is 1.90 bits per heavy atom. The minimum Gasteiger partial charge on any atom is -0.480 e. The zero-order chi connectivity index (χ0) is 44.4. The molecule has 58 heavy (non-hydrogen) atoms. The highest BCUT2D eigenvalue weighted by Gasteiger charge is 2.52. The Labute approximate surface area is 345 Å². The van der Waals surface area contributed by atoms with Gasteiger partial charge in [-0.1, -0.05) is 83.1 Å². The largest absolute Gasteiger partial charge is 0.480 e. The summed E-state index contributed by atoms with van der Waals surface area (Å²) in [5.74, 6) is -0.711. The van der Waals surface area contributed by atoms with E-state index in [4.69, 9.17) is 43.1 Å². The van der Waals surface area contributed by atoms with Gasteiger partial charge in [-0.15, -0.1) is 0 Å². The lowest BCUT2D eigenvalue weighted by Crippen LogP contribution is -2.49. The number of anilines is 1. The Balaban J connectivity index is 2.70. The molecular weight excluding hydrogens is 833 g/mol. The molecule has 23 heteroatoms. The van der Waals surface area contributed by atoms with Crippen LogP contribution in [0, 0.1) is 0 Å². The molecule has 1 unspecified atom stereocenters. The molecule has 0 aromatic carbocycles. The number of phosphoric ester groups is 2. The molecule has 1 fully saturated rings. The molecule has 1 aliphatic heterocycles. The van der Waals surface area contributed by atoms with Crippen LogP contribution in [0.3, 0.4) is 0 Å². The number of unbranched alkanes of at least 4 members (excludes halogenated alkanes) is 1. The molecule has 1 aliphatic rings. The minimum absolute atomic E-state index is 0.0916. The highest BCUT2D eigenvalue weighted by atomic mass is 31.2. The van der Waals surface area contributed by atoms with E-state index in [-0.39, 0.29) is 48.7 Å². The number of carboxylic acid groups (broad SMARTS) is 1. The van der Waals surface area contributed by atoms with Gasteiger partial charge in [0.05, 0.1) is 6.61 Å². The molecule has 0 radical (unpaired) electrons. The Bertz CT molecular complexity index is 1560. The van der Waals surface area contributed by atoms with Crippen molar-refractivity contribution in [3.8, 4) is 0 Å². The van der Waals surface area contributed by atoms with Crippen molar-refractivity contribution in [3.05, 3.63) is 17.9 Å². The zero-order valence-electron chi connectivity index (χ0n) is 36.2. The summed E-state index contributed by atoms with van der Waals surface area (Å²) in [4.78, 5) is 59.8. The van der Waals surface area contributed by atoms with Crippen molar-refractivity contribution in [2.75, 3.05) is 32.0 Å². The van der Waals surface area contributed by atoms with Crippen LogP contribution < -0.4 is 16.7 Å². The average Bonchev–Trinajstić information content (AvgIpc) is 3.40. The maximum atomic E-state index is 12.4. The number of nitrogens with zero attached hydrogens (tertiary/aromatic N) is 3. The first-order valence-corrected chi connectivity index (χ1v) is 27.4. The first-order chi connectivity index (χ1) is 26.7. The van der Waals surface area contributed by atoms with Gasteiger partial charge in [-0.2, -0.15) is 4.98 Å². The molecule has 0 saturated carbocycles. The van der Waals surface area contributed by atoms with Gasteiger partial charge in [0, 0.05) is 12.7 Å². The summed E-state index contributed by atoms with van der Waals surface area (Å²) < 4.78 is 61.5. The quantitative estimate of drug-likeness (QED) is 0.0245. The lowest BCUT2D eigenvalue weighted by Gasteiger charge is -2.42. The molecule has 338 valence electrons. The number of carbonyl (C=O) groups is 1. The van der Waals surface area contributed by atoms with Crippen LogP contribution >= 0.6 is 15.6 Å². The van der Waals surface area contributed by atoms with E-state index in [1.165, 1.54) is 4.57 Å². The van der Waals surface area contributed by atoms with Gasteiger partial charge in [0.1, 0.15) is 43.7 Å². The summed E-state index contributed by atoms with van der Waals surface area (Å²) in [7, 11) is -15.1. The normalized spacial score (nSPS) is 20.8. The number of carboxylic acids is 1. The van der Waals surface area contributed by atoms with E-state index in [2.05, 4.69) is 88.4 Å². The summed E-state index contributed by atoms with van der Waals surface area (Å²) >= 11 is 0. The van der Waals surface area contributed by atoms with Gasteiger partial charge < -0.3 is 54.1 Å². The second kappa shape index (κ2) is 22.6. The monoisotopic (exact) mass is 903 g/mol. The van der Waals surface area contributed by atoms with Crippen LogP contribution in [-0.2, 0) is 41.3 Å². The fourth-order valence-electron chi connectivity index (χ4n) is 8.76. The first kappa shape index (κ1) is 52.7. The summed E-state index contributed by atoms with van der Waals surface area (Å²) in [6.45, 7) is 24.8. The van der Waals surface area contributed by atoms with E-state index in [1.807, 2.05) is 0 Å². The van der Waals surface area contributed by atoms with E-state index >= 15 is 0 Å². The fourth-order valence-corrected chi connectivity index (χ4v) is 20.3. The van der Waals surface area contributed by atoms with E-state index in [0.29, 0.717) is 35.3 Å². The van der Waals surface area contributed by atoms with Crippen LogP contribution in [0.1, 0.15) is 109 Å². The molecule has 2 heterocycles. The lowest BCUT2D eigenvalue weighted by atomic mass is 10.1. The second-order valence-electron chi connectivity index (χ2n) is 16.7. The number of aromatic nitrogens is 2. The number of phosphoric acid groups is 2. The molecule has 1 aromatic rings. The number of rotatable bonds is 26. The smallest absolute Gasteiger partial charge is 0.470 e. The van der Waals surface area contributed by atoms with Gasteiger partial charge in [-0.3, -0.25) is 23.4 Å². The van der Waals surface area contributed by atoms with Crippen molar-refractivity contribution in [1.29, 1.82) is 0 Å². The van der Waals surface area contributed by atoms with E-state index in [1.54, 1.807) is 12.3 Å². The Morgan fingerprint density at radius 1 is 0.879 bits per heavy atom. The third-order valence-electron chi connectivity index (χ3n) is 11.1. The Hall–Kier alpha value is -1.40. The van der Waals surface area contributed by atoms with E-state index < -0.39 is 75.4 Å². The summed E-state index contributed by atoms with van der Waals surface area (Å²) in [6.07, 6.45) is -2.98. The van der Waals surface area contributed by atoms with Gasteiger partial charge >= 0.3 is 21.6 Å². The van der Waals surface area contributed by atoms with E-state index in [0.717, 1.165) is 0 Å². The van der Waals surface area contributed by atoms with E-state index in [9.17, 15) is 38.6 Å². The zero-order valence-corrected chi connectivity index (χ0v) is 40.0. The van der Waals surface area contributed by atoms with Crippen LogP contribution in [0.5, 0.6) is 0 Å². The number of aliphatic carboxylic acids is 1. The van der Waals surface area contributed by atoms with Gasteiger partial charge in [-0.05, 0) is 58.6 Å². The molecule has 2 rings (SSSR count). The third-order valence-corrected chi connectivity index (χ3v) is 24.2. The maximum Gasteiger partial charge on any atom is 0.470 e. The SMILES string of the molecule is CC(C)[Si](OCNc1ccn([C@@H]2O[C@H](COP(=O)(O)O)[C@@H](OP(=O)(O)O)[C@H]2OCO[Si](C(C)C)(C(C)C)C(C)C)c(=NCCCCC(N)C(=O)O)n1)(C(C)C)C(C)C. The molecule has 1 aromatic heterocycles. The topological polar surface area (TPSA) is 276 Å². The Kier molecular flexibility index (Phi) is 20.6. The molecule has 0 amide bonds. The third kappa shape index (κ3) is 14.3. The number of hydrogen-bond acceptors (Lipinski definition) is 13. The first-order valence-electron chi connectivity index (χ1n) is 20.0. The second-order valence-corrected chi connectivity index (χ2v) is 30.1. The highest BCUT2D eigenvalue weighted by molar-refractivity contribution is 7.46. The average molecular weight is 904 g/mol. The van der Waals surface area contributed by atoms with Crippen LogP contribution in [0.25, 0.3) is 0 Å². The van der Waals surface area contributed by atoms with Gasteiger partial charge in [0.2, 0.25) is 22.3 Å². The molecule has 19 nitrogen and oxygen atoms in total. The minimum atomic E-state index is -5.25. The van der Waals surface area contributed by atoms with Crippen molar-refractivity contribution in [1.82, 2.24) is 9.55 Å². The Morgan fingerprint density at radius 2 is 1.41 bits per heavy atom. The van der Waals surface area contributed by atoms with Gasteiger partial charge in [-0.25, -0.2) is 9.13 Å².